The van der Waals surface area contributed by atoms with Crippen LogP contribution in [-0.2, 0) is 23.8 Å². The predicted octanol–water partition coefficient (Wildman–Crippen LogP) is 1.40. The van der Waals surface area contributed by atoms with Gasteiger partial charge in [0.2, 0.25) is 0 Å². The average Bonchev–Trinajstić information content (AvgIpc) is 2.34. The third kappa shape index (κ3) is 8.36. The molecule has 0 saturated heterocycles. The number of hydrogen-bond acceptors (Lipinski definition) is 5. The second-order valence-electron chi connectivity index (χ2n) is 3.44. The van der Waals surface area contributed by atoms with Gasteiger partial charge in [0.1, 0.15) is 6.61 Å². The third-order valence-corrected chi connectivity index (χ3v) is 1.83. The molecule has 0 aromatic rings. The molecule has 0 N–H and O–H groups in total. The van der Waals surface area contributed by atoms with Crippen molar-refractivity contribution >= 4 is 11.9 Å². The Hall–Kier alpha value is -1.38. The fraction of sp³-hybridized carbons (Fsp3) is 0.800. The molecule has 0 aromatic carbocycles. The number of rotatable bonds is 9. The highest BCUT2D eigenvalue weighted by Gasteiger charge is 2.42. The number of carbonyl (C=O) groups excluding carboxylic acids is 2. The number of hydrogen-bond donors (Lipinski definition) is 0. The molecular weight excluding hydrogens is 276 g/mol. The Morgan fingerprint density at radius 2 is 1.58 bits per heavy atom. The van der Waals surface area contributed by atoms with Crippen LogP contribution >= 0.6 is 0 Å². The number of esters is 2. The molecule has 5 nitrogen and oxygen atoms in total. The summed E-state index contributed by atoms with van der Waals surface area (Å²) in [4.78, 5) is 21.9. The van der Waals surface area contributed by atoms with Crippen LogP contribution in [0.4, 0.5) is 17.6 Å². The van der Waals surface area contributed by atoms with Crippen molar-refractivity contribution in [2.75, 3.05) is 26.9 Å². The van der Waals surface area contributed by atoms with Gasteiger partial charge in [0.25, 0.3) is 0 Å². The van der Waals surface area contributed by atoms with E-state index in [-0.39, 0.29) is 19.6 Å². The summed E-state index contributed by atoms with van der Waals surface area (Å²) >= 11 is 0. The summed E-state index contributed by atoms with van der Waals surface area (Å²) in [5.41, 5.74) is 0. The summed E-state index contributed by atoms with van der Waals surface area (Å²) in [5.74, 6) is -6.31. The first-order chi connectivity index (χ1) is 8.79. The fourth-order valence-electron chi connectivity index (χ4n) is 0.827. The molecule has 0 aromatic heterocycles. The Labute approximate surface area is 106 Å². The second kappa shape index (κ2) is 8.68. The lowest BCUT2D eigenvalue weighted by molar-refractivity contribution is -0.180. The van der Waals surface area contributed by atoms with Gasteiger partial charge in [0.05, 0.1) is 19.4 Å². The molecule has 0 atom stereocenters. The zero-order valence-electron chi connectivity index (χ0n) is 10.2. The van der Waals surface area contributed by atoms with E-state index in [1.807, 2.05) is 0 Å². The van der Waals surface area contributed by atoms with Crippen molar-refractivity contribution in [1.29, 1.82) is 0 Å². The molecule has 0 spiro atoms. The standard InChI is InChI=1S/C10H14F4O5/c1-17-4-5-18-7(15)2-3-8(16)19-6-10(13,14)9(11)12/h9H,2-6H2,1H3. The van der Waals surface area contributed by atoms with E-state index in [0.29, 0.717) is 0 Å². The summed E-state index contributed by atoms with van der Waals surface area (Å²) in [5, 5.41) is 0. The fourth-order valence-corrected chi connectivity index (χ4v) is 0.827. The highest BCUT2D eigenvalue weighted by Crippen LogP contribution is 2.23. The first kappa shape index (κ1) is 17.6. The van der Waals surface area contributed by atoms with Gasteiger partial charge in [-0.25, -0.2) is 8.78 Å². The van der Waals surface area contributed by atoms with Crippen LogP contribution in [0.2, 0.25) is 0 Å². The van der Waals surface area contributed by atoms with Crippen LogP contribution in [0.25, 0.3) is 0 Å². The Balaban J connectivity index is 3.79. The van der Waals surface area contributed by atoms with Crippen LogP contribution in [0.3, 0.4) is 0 Å². The molecule has 0 rings (SSSR count). The molecule has 0 unspecified atom stereocenters. The lowest BCUT2D eigenvalue weighted by atomic mass is 10.3. The minimum Gasteiger partial charge on any atom is -0.463 e. The van der Waals surface area contributed by atoms with Gasteiger partial charge in [-0.05, 0) is 0 Å². The zero-order valence-corrected chi connectivity index (χ0v) is 10.2. The van der Waals surface area contributed by atoms with Crippen molar-refractivity contribution in [1.82, 2.24) is 0 Å². The monoisotopic (exact) mass is 290 g/mol. The van der Waals surface area contributed by atoms with Gasteiger partial charge in [-0.2, -0.15) is 8.78 Å². The number of methoxy groups -OCH3 is 1. The number of ether oxygens (including phenoxy) is 3. The van der Waals surface area contributed by atoms with Gasteiger partial charge in [0, 0.05) is 7.11 Å². The quantitative estimate of drug-likeness (QED) is 0.365. The van der Waals surface area contributed by atoms with Gasteiger partial charge >= 0.3 is 24.3 Å². The maximum absolute atomic E-state index is 12.4. The van der Waals surface area contributed by atoms with E-state index >= 15 is 0 Å². The van der Waals surface area contributed by atoms with E-state index in [1.54, 1.807) is 0 Å². The number of halogens is 4. The van der Waals surface area contributed by atoms with Crippen LogP contribution in [0.1, 0.15) is 12.8 Å². The van der Waals surface area contributed by atoms with E-state index in [2.05, 4.69) is 14.2 Å². The topological polar surface area (TPSA) is 61.8 Å². The van der Waals surface area contributed by atoms with Gasteiger partial charge in [0.15, 0.2) is 6.61 Å². The van der Waals surface area contributed by atoms with Gasteiger partial charge in [-0.1, -0.05) is 0 Å². The SMILES string of the molecule is COCCOC(=O)CCC(=O)OCC(F)(F)C(F)F. The Kier molecular flexibility index (Phi) is 8.05. The van der Waals surface area contributed by atoms with E-state index in [4.69, 9.17) is 0 Å². The second-order valence-corrected chi connectivity index (χ2v) is 3.44. The first-order valence-corrected chi connectivity index (χ1v) is 5.25. The molecule has 112 valence electrons. The minimum atomic E-state index is -4.39. The smallest absolute Gasteiger partial charge is 0.340 e. The zero-order chi connectivity index (χ0) is 14.9. The van der Waals surface area contributed by atoms with Crippen molar-refractivity contribution < 1.29 is 41.4 Å². The van der Waals surface area contributed by atoms with Crippen molar-refractivity contribution in [2.24, 2.45) is 0 Å². The Bertz CT molecular complexity index is 296. The van der Waals surface area contributed by atoms with E-state index in [1.165, 1.54) is 7.11 Å². The van der Waals surface area contributed by atoms with E-state index in [9.17, 15) is 27.2 Å². The third-order valence-electron chi connectivity index (χ3n) is 1.83. The minimum absolute atomic E-state index is 0.00612. The van der Waals surface area contributed by atoms with Crippen molar-refractivity contribution in [2.45, 2.75) is 25.2 Å². The van der Waals surface area contributed by atoms with E-state index < -0.39 is 37.3 Å². The molecule has 0 aliphatic carbocycles. The lowest BCUT2D eigenvalue weighted by Crippen LogP contribution is -2.33. The Morgan fingerprint density at radius 3 is 2.05 bits per heavy atom. The highest BCUT2D eigenvalue weighted by atomic mass is 19.3. The van der Waals surface area contributed by atoms with Gasteiger partial charge < -0.3 is 14.2 Å². The Morgan fingerprint density at radius 1 is 1.05 bits per heavy atom. The van der Waals surface area contributed by atoms with Crippen LogP contribution in [-0.4, -0.2) is 51.2 Å². The summed E-state index contributed by atoms with van der Waals surface area (Å²) in [6.07, 6.45) is -4.83. The predicted molar refractivity (Wildman–Crippen MR) is 54.0 cm³/mol. The van der Waals surface area contributed by atoms with Gasteiger partial charge in [-0.3, -0.25) is 9.59 Å². The van der Waals surface area contributed by atoms with E-state index in [0.717, 1.165) is 0 Å². The molecular formula is C10H14F4O5. The summed E-state index contributed by atoms with van der Waals surface area (Å²) in [6.45, 7) is -1.55. The molecule has 0 heterocycles. The van der Waals surface area contributed by atoms with Crippen LogP contribution in [0.15, 0.2) is 0 Å². The molecule has 0 saturated carbocycles. The summed E-state index contributed by atoms with van der Waals surface area (Å²) in [7, 11) is 1.40. The number of alkyl halides is 4. The van der Waals surface area contributed by atoms with Crippen molar-refractivity contribution in [3.05, 3.63) is 0 Å². The van der Waals surface area contributed by atoms with Crippen LogP contribution in [0.5, 0.6) is 0 Å². The lowest BCUT2D eigenvalue weighted by Gasteiger charge is -2.14. The molecule has 0 aliphatic heterocycles. The van der Waals surface area contributed by atoms with Crippen LogP contribution < -0.4 is 0 Å². The highest BCUT2D eigenvalue weighted by molar-refractivity contribution is 5.77. The molecule has 0 radical (unpaired) electrons. The maximum atomic E-state index is 12.4. The average molecular weight is 290 g/mol. The number of carbonyl (C=O) groups is 2. The first-order valence-electron chi connectivity index (χ1n) is 5.25. The molecule has 0 aliphatic rings. The summed E-state index contributed by atoms with van der Waals surface area (Å²) < 4.78 is 61.3. The summed E-state index contributed by atoms with van der Waals surface area (Å²) in [6, 6.07) is 0. The molecule has 0 fully saturated rings. The van der Waals surface area contributed by atoms with Crippen molar-refractivity contribution in [3.8, 4) is 0 Å². The van der Waals surface area contributed by atoms with Gasteiger partial charge in [-0.15, -0.1) is 0 Å². The molecule has 19 heavy (non-hydrogen) atoms. The normalized spacial score (nSPS) is 11.5. The molecule has 0 amide bonds. The van der Waals surface area contributed by atoms with Crippen molar-refractivity contribution in [3.63, 3.8) is 0 Å². The molecule has 9 heteroatoms. The van der Waals surface area contributed by atoms with Crippen LogP contribution in [0, 0.1) is 0 Å². The maximum Gasteiger partial charge on any atom is 0.340 e. The largest absolute Gasteiger partial charge is 0.463 e. The molecule has 0 bridgehead atoms.